The number of fused-ring (bicyclic) bond motifs is 1. The highest BCUT2D eigenvalue weighted by atomic mass is 19.3. The molecule has 6 rings (SSSR count). The largest absolute Gasteiger partial charge is 0.461 e. The molecule has 5 heterocycles. The Morgan fingerprint density at radius 1 is 1.19 bits per heavy atom. The molecule has 0 spiro atoms. The lowest BCUT2D eigenvalue weighted by molar-refractivity contribution is -0.0495. The van der Waals surface area contributed by atoms with E-state index in [0.717, 1.165) is 32.6 Å². The van der Waals surface area contributed by atoms with E-state index in [1.807, 2.05) is 14.1 Å². The minimum absolute atomic E-state index is 0.0240. The first-order chi connectivity index (χ1) is 22.6. The molecule has 1 amide bonds. The van der Waals surface area contributed by atoms with Crippen LogP contribution in [0.3, 0.4) is 0 Å². The van der Waals surface area contributed by atoms with Gasteiger partial charge in [-0.25, -0.2) is 13.9 Å². The molecule has 0 radical (unpaired) electrons. The van der Waals surface area contributed by atoms with Gasteiger partial charge in [0.05, 0.1) is 23.5 Å². The van der Waals surface area contributed by atoms with Gasteiger partial charge in [0.1, 0.15) is 29.3 Å². The van der Waals surface area contributed by atoms with Crippen molar-refractivity contribution >= 4 is 17.2 Å². The van der Waals surface area contributed by atoms with Gasteiger partial charge >= 0.3 is 6.61 Å². The molecule has 18 heteroatoms. The normalized spacial score (nSPS) is 16.0. The van der Waals surface area contributed by atoms with Crippen LogP contribution in [0.2, 0.25) is 0 Å². The van der Waals surface area contributed by atoms with Crippen molar-refractivity contribution in [2.45, 2.75) is 38.9 Å². The number of tetrazole rings is 1. The number of ether oxygens (including phenoxy) is 2. The maximum Gasteiger partial charge on any atom is 0.387 e. The molecule has 0 aliphatic carbocycles. The van der Waals surface area contributed by atoms with Crippen molar-refractivity contribution in [2.24, 2.45) is 0 Å². The lowest BCUT2D eigenvalue weighted by Gasteiger charge is -2.18. The Labute approximate surface area is 266 Å². The maximum absolute atomic E-state index is 13.7. The first kappa shape index (κ1) is 31.9. The van der Waals surface area contributed by atoms with E-state index in [-0.39, 0.29) is 46.6 Å². The SMILES string of the molecule is CC(F)Oc1ccc(OC(F)F)c(-c2nn(Cc3nnn(C4CCN(CCN(C)C)C4)n3)cc2NC(=O)c2cnn3cccnc23)c1. The lowest BCUT2D eigenvalue weighted by Crippen LogP contribution is -2.30. The van der Waals surface area contributed by atoms with Crippen LogP contribution in [0, 0.1) is 0 Å². The van der Waals surface area contributed by atoms with E-state index in [2.05, 4.69) is 45.7 Å². The molecule has 248 valence electrons. The summed E-state index contributed by atoms with van der Waals surface area (Å²) in [7, 11) is 4.07. The fourth-order valence-corrected chi connectivity index (χ4v) is 5.29. The molecule has 1 N–H and O–H groups in total. The monoisotopic (exact) mass is 654 g/mol. The molecule has 15 nitrogen and oxygen atoms in total. The Morgan fingerprint density at radius 3 is 2.83 bits per heavy atom. The molecule has 0 saturated carbocycles. The zero-order valence-corrected chi connectivity index (χ0v) is 25.9. The van der Waals surface area contributed by atoms with Gasteiger partial charge in [-0.05, 0) is 50.0 Å². The first-order valence-electron chi connectivity index (χ1n) is 14.9. The number of benzene rings is 1. The average molecular weight is 655 g/mol. The summed E-state index contributed by atoms with van der Waals surface area (Å²) >= 11 is 0. The van der Waals surface area contributed by atoms with Crippen molar-refractivity contribution in [1.29, 1.82) is 0 Å². The zero-order chi connectivity index (χ0) is 33.1. The number of amides is 1. The van der Waals surface area contributed by atoms with Gasteiger partial charge in [-0.2, -0.15) is 23.8 Å². The van der Waals surface area contributed by atoms with Gasteiger partial charge in [-0.1, -0.05) is 0 Å². The first-order valence-corrected chi connectivity index (χ1v) is 14.9. The van der Waals surface area contributed by atoms with Gasteiger partial charge in [0.15, 0.2) is 11.5 Å². The molecule has 2 atom stereocenters. The molecule has 5 aromatic rings. The van der Waals surface area contributed by atoms with E-state index in [4.69, 9.17) is 9.47 Å². The highest BCUT2D eigenvalue weighted by Gasteiger charge is 2.27. The standard InChI is InChI=1S/C29H33F3N12O3/c1-18(30)46-20-5-6-24(47-29(31)32)21(13-20)26-23(35-28(45)22-14-34-43-9-4-8-33-27(22)43)16-42(38-26)17-25-36-39-44(37-25)19-7-10-41(15-19)12-11-40(2)3/h4-6,8-9,13-14,16,18-19,29H,7,10-12,15,17H2,1-3H3,(H,35,45). The molecule has 4 aromatic heterocycles. The van der Waals surface area contributed by atoms with Gasteiger partial charge in [0.25, 0.3) is 5.91 Å². The van der Waals surface area contributed by atoms with Crippen LogP contribution < -0.4 is 14.8 Å². The summed E-state index contributed by atoms with van der Waals surface area (Å²) in [6.45, 7) is 1.67. The van der Waals surface area contributed by atoms with E-state index in [9.17, 15) is 18.0 Å². The van der Waals surface area contributed by atoms with Crippen LogP contribution in [0.1, 0.15) is 35.6 Å². The summed E-state index contributed by atoms with van der Waals surface area (Å²) in [5.74, 6) is -0.454. The van der Waals surface area contributed by atoms with Crippen molar-refractivity contribution in [3.05, 3.63) is 60.4 Å². The quantitative estimate of drug-likeness (QED) is 0.200. The Kier molecular flexibility index (Phi) is 9.30. The van der Waals surface area contributed by atoms with Crippen LogP contribution >= 0.6 is 0 Å². The minimum atomic E-state index is -3.17. The molecule has 1 aliphatic heterocycles. The lowest BCUT2D eigenvalue weighted by atomic mass is 10.1. The van der Waals surface area contributed by atoms with E-state index < -0.39 is 18.9 Å². The molecule has 1 saturated heterocycles. The van der Waals surface area contributed by atoms with E-state index in [1.54, 1.807) is 17.1 Å². The van der Waals surface area contributed by atoms with Gasteiger partial charge < -0.3 is 19.7 Å². The Morgan fingerprint density at radius 2 is 2.04 bits per heavy atom. The van der Waals surface area contributed by atoms with Crippen LogP contribution in [-0.2, 0) is 6.54 Å². The van der Waals surface area contributed by atoms with Crippen molar-refractivity contribution in [3.8, 4) is 22.8 Å². The molecule has 1 aliphatic rings. The van der Waals surface area contributed by atoms with Crippen molar-refractivity contribution in [2.75, 3.05) is 45.6 Å². The summed E-state index contributed by atoms with van der Waals surface area (Å²) in [4.78, 5) is 23.8. The molecular weight excluding hydrogens is 621 g/mol. The molecule has 1 fully saturated rings. The summed E-state index contributed by atoms with van der Waals surface area (Å²) in [6, 6.07) is 5.55. The summed E-state index contributed by atoms with van der Waals surface area (Å²) in [5, 5.41) is 24.6. The molecule has 0 bridgehead atoms. The maximum atomic E-state index is 13.7. The van der Waals surface area contributed by atoms with E-state index in [1.165, 1.54) is 52.9 Å². The minimum Gasteiger partial charge on any atom is -0.461 e. The third kappa shape index (κ3) is 7.49. The van der Waals surface area contributed by atoms with Crippen LogP contribution in [0.5, 0.6) is 11.5 Å². The topological polar surface area (TPSA) is 146 Å². The molecular formula is C29H33F3N12O3. The van der Waals surface area contributed by atoms with Gasteiger partial charge in [-0.3, -0.25) is 14.4 Å². The Bertz CT molecular complexity index is 1840. The highest BCUT2D eigenvalue weighted by molar-refractivity contribution is 6.09. The number of nitrogens with zero attached hydrogens (tertiary/aromatic N) is 11. The second kappa shape index (κ2) is 13.7. The van der Waals surface area contributed by atoms with Gasteiger partial charge in [0, 0.05) is 51.7 Å². The number of likely N-dealkylation sites (N-methyl/N-ethyl adjacent to an activating group) is 1. The fourth-order valence-electron chi connectivity index (χ4n) is 5.29. The van der Waals surface area contributed by atoms with Crippen molar-refractivity contribution < 1.29 is 27.4 Å². The number of carbonyl (C=O) groups is 1. The van der Waals surface area contributed by atoms with Crippen molar-refractivity contribution in [3.63, 3.8) is 0 Å². The van der Waals surface area contributed by atoms with Crippen LogP contribution in [0.15, 0.2) is 49.1 Å². The van der Waals surface area contributed by atoms with Gasteiger partial charge in [-0.15, -0.1) is 10.2 Å². The number of hydrogen-bond acceptors (Lipinski definition) is 11. The van der Waals surface area contributed by atoms with Gasteiger partial charge in [0.2, 0.25) is 6.36 Å². The van der Waals surface area contributed by atoms with Crippen LogP contribution in [-0.4, -0.2) is 114 Å². The fraction of sp³-hybridized carbons (Fsp3) is 0.414. The summed E-state index contributed by atoms with van der Waals surface area (Å²) < 4.78 is 53.4. The van der Waals surface area contributed by atoms with Crippen LogP contribution in [0.4, 0.5) is 18.9 Å². The smallest absolute Gasteiger partial charge is 0.387 e. The number of halogens is 3. The van der Waals surface area contributed by atoms with Crippen LogP contribution in [0.25, 0.3) is 16.9 Å². The second-order valence-electron chi connectivity index (χ2n) is 11.3. The molecule has 1 aromatic carbocycles. The second-order valence-corrected chi connectivity index (χ2v) is 11.3. The number of hydrogen-bond donors (Lipinski definition) is 1. The number of nitrogens with one attached hydrogen (secondary N) is 1. The number of likely N-dealkylation sites (tertiary alicyclic amines) is 1. The summed E-state index contributed by atoms with van der Waals surface area (Å²) in [5.41, 5.74) is 0.680. The highest BCUT2D eigenvalue weighted by Crippen LogP contribution is 2.38. The number of rotatable bonds is 13. The number of anilines is 1. The third-order valence-electron chi connectivity index (χ3n) is 7.47. The predicted octanol–water partition coefficient (Wildman–Crippen LogP) is 2.98. The third-order valence-corrected chi connectivity index (χ3v) is 7.47. The summed E-state index contributed by atoms with van der Waals surface area (Å²) in [6.07, 6.45) is 5.22. The predicted molar refractivity (Wildman–Crippen MR) is 162 cm³/mol. The molecule has 2 unspecified atom stereocenters. The Hall–Kier alpha value is -5.10. The Balaban J connectivity index is 1.31. The van der Waals surface area contributed by atoms with E-state index in [0.29, 0.717) is 11.5 Å². The number of carbonyl (C=O) groups excluding carboxylic acids is 1. The number of aromatic nitrogens is 9. The average Bonchev–Trinajstić information content (AvgIpc) is 3.83. The zero-order valence-electron chi connectivity index (χ0n) is 25.9. The number of alkyl halides is 3. The van der Waals surface area contributed by atoms with E-state index >= 15 is 0 Å². The van der Waals surface area contributed by atoms with Crippen molar-refractivity contribution in [1.82, 2.24) is 54.4 Å². The molecule has 47 heavy (non-hydrogen) atoms.